The highest BCUT2D eigenvalue weighted by Gasteiger charge is 2.37. The van der Waals surface area contributed by atoms with Gasteiger partial charge in [0.05, 0.1) is 11.4 Å². The molecule has 0 spiro atoms. The summed E-state index contributed by atoms with van der Waals surface area (Å²) >= 11 is 0. The summed E-state index contributed by atoms with van der Waals surface area (Å²) in [4.78, 5) is 12.2. The van der Waals surface area contributed by atoms with E-state index in [0.29, 0.717) is 11.4 Å². The van der Waals surface area contributed by atoms with E-state index in [4.69, 9.17) is 5.73 Å². The Kier molecular flexibility index (Phi) is 3.32. The molecule has 0 unspecified atom stereocenters. The highest BCUT2D eigenvalue weighted by atomic mass is 16.2. The van der Waals surface area contributed by atoms with Crippen LogP contribution < -0.4 is 11.1 Å². The number of anilines is 1. The molecule has 1 aromatic heterocycles. The summed E-state index contributed by atoms with van der Waals surface area (Å²) < 4.78 is 0. The maximum Gasteiger partial charge on any atom is 0.274 e. The van der Waals surface area contributed by atoms with Crippen LogP contribution in [0.3, 0.4) is 0 Å². The van der Waals surface area contributed by atoms with Crippen LogP contribution >= 0.6 is 0 Å². The molecule has 0 atom stereocenters. The second-order valence-corrected chi connectivity index (χ2v) is 5.50. The van der Waals surface area contributed by atoms with E-state index in [1.54, 1.807) is 0 Å². The molecule has 0 aliphatic heterocycles. The van der Waals surface area contributed by atoms with E-state index in [0.717, 1.165) is 25.0 Å². The number of nitrogens with one attached hydrogen (secondary N) is 2. The molecule has 5 nitrogen and oxygen atoms in total. The van der Waals surface area contributed by atoms with E-state index in [1.807, 2.05) is 13.8 Å². The lowest BCUT2D eigenvalue weighted by Crippen LogP contribution is -2.53. The van der Waals surface area contributed by atoms with Crippen LogP contribution in [-0.2, 0) is 0 Å². The van der Waals surface area contributed by atoms with Gasteiger partial charge in [-0.15, -0.1) is 0 Å². The van der Waals surface area contributed by atoms with Crippen molar-refractivity contribution < 1.29 is 4.79 Å². The van der Waals surface area contributed by atoms with Gasteiger partial charge in [-0.1, -0.05) is 20.8 Å². The van der Waals surface area contributed by atoms with E-state index in [-0.39, 0.29) is 17.4 Å². The lowest BCUT2D eigenvalue weighted by Gasteiger charge is -2.41. The first-order chi connectivity index (χ1) is 8.49. The van der Waals surface area contributed by atoms with E-state index >= 15 is 0 Å². The Morgan fingerprint density at radius 1 is 1.56 bits per heavy atom. The standard InChI is InChI=1S/C13H22N4O/c1-4-13(6-5-7-13)15-12(18)11-9(14)10(8(2)3)16-17-11/h8H,4-7,14H2,1-3H3,(H,15,18)(H,16,17). The van der Waals surface area contributed by atoms with Crippen molar-refractivity contribution in [3.63, 3.8) is 0 Å². The highest BCUT2D eigenvalue weighted by molar-refractivity contribution is 5.98. The van der Waals surface area contributed by atoms with Gasteiger partial charge >= 0.3 is 0 Å². The molecule has 0 bridgehead atoms. The van der Waals surface area contributed by atoms with Gasteiger partial charge in [-0.3, -0.25) is 9.89 Å². The monoisotopic (exact) mass is 250 g/mol. The summed E-state index contributed by atoms with van der Waals surface area (Å²) in [7, 11) is 0. The molecule has 1 amide bonds. The smallest absolute Gasteiger partial charge is 0.274 e. The average Bonchev–Trinajstić information content (AvgIpc) is 2.65. The Morgan fingerprint density at radius 3 is 2.61 bits per heavy atom. The number of aromatic amines is 1. The minimum absolute atomic E-state index is 0.0273. The fourth-order valence-corrected chi connectivity index (χ4v) is 2.45. The first-order valence-electron chi connectivity index (χ1n) is 6.65. The van der Waals surface area contributed by atoms with Crippen molar-refractivity contribution >= 4 is 11.6 Å². The number of nitrogens with zero attached hydrogens (tertiary/aromatic N) is 1. The Balaban J connectivity index is 2.14. The zero-order chi connectivity index (χ0) is 13.3. The van der Waals surface area contributed by atoms with Crippen molar-refractivity contribution in [2.75, 3.05) is 5.73 Å². The molecular weight excluding hydrogens is 228 g/mol. The summed E-state index contributed by atoms with van der Waals surface area (Å²) in [6.07, 6.45) is 4.24. The third-order valence-electron chi connectivity index (χ3n) is 3.99. The first kappa shape index (κ1) is 12.9. The molecule has 1 heterocycles. The normalized spacial score (nSPS) is 17.6. The van der Waals surface area contributed by atoms with E-state index in [1.165, 1.54) is 6.42 Å². The van der Waals surface area contributed by atoms with Gasteiger partial charge in [-0.05, 0) is 31.6 Å². The molecule has 1 saturated carbocycles. The van der Waals surface area contributed by atoms with Gasteiger partial charge in [0.25, 0.3) is 5.91 Å². The van der Waals surface area contributed by atoms with Gasteiger partial charge in [0.1, 0.15) is 0 Å². The fraction of sp³-hybridized carbons (Fsp3) is 0.692. The van der Waals surface area contributed by atoms with Crippen molar-refractivity contribution in [3.8, 4) is 0 Å². The molecular formula is C13H22N4O. The van der Waals surface area contributed by atoms with Crippen molar-refractivity contribution in [2.45, 2.75) is 57.9 Å². The van der Waals surface area contributed by atoms with Crippen molar-refractivity contribution in [2.24, 2.45) is 0 Å². The van der Waals surface area contributed by atoms with Crippen LogP contribution in [0.5, 0.6) is 0 Å². The largest absolute Gasteiger partial charge is 0.395 e. The summed E-state index contributed by atoms with van der Waals surface area (Å²) in [6.45, 7) is 6.14. The van der Waals surface area contributed by atoms with Gasteiger partial charge in [0, 0.05) is 5.54 Å². The van der Waals surface area contributed by atoms with Crippen LogP contribution in [0.15, 0.2) is 0 Å². The molecule has 5 heteroatoms. The van der Waals surface area contributed by atoms with E-state index < -0.39 is 0 Å². The zero-order valence-corrected chi connectivity index (χ0v) is 11.3. The lowest BCUT2D eigenvalue weighted by atomic mass is 9.75. The third-order valence-corrected chi connectivity index (χ3v) is 3.99. The van der Waals surface area contributed by atoms with Crippen LogP contribution in [0, 0.1) is 0 Å². The van der Waals surface area contributed by atoms with Gasteiger partial charge in [0.2, 0.25) is 0 Å². The molecule has 0 saturated heterocycles. The molecule has 1 aromatic rings. The number of H-pyrrole nitrogens is 1. The second-order valence-electron chi connectivity index (χ2n) is 5.50. The van der Waals surface area contributed by atoms with E-state index in [2.05, 4.69) is 22.4 Å². The number of hydrogen-bond donors (Lipinski definition) is 3. The van der Waals surface area contributed by atoms with Crippen LogP contribution in [0.4, 0.5) is 5.69 Å². The summed E-state index contributed by atoms with van der Waals surface area (Å²) in [6, 6.07) is 0. The number of carbonyl (C=O) groups is 1. The highest BCUT2D eigenvalue weighted by Crippen LogP contribution is 2.35. The summed E-state index contributed by atoms with van der Waals surface area (Å²) in [5.74, 6) is 0.0834. The van der Waals surface area contributed by atoms with Crippen LogP contribution in [0.2, 0.25) is 0 Å². The Hall–Kier alpha value is -1.52. The quantitative estimate of drug-likeness (QED) is 0.765. The van der Waals surface area contributed by atoms with Crippen LogP contribution in [0.1, 0.15) is 68.6 Å². The predicted octanol–water partition coefficient (Wildman–Crippen LogP) is 2.18. The van der Waals surface area contributed by atoms with Gasteiger partial charge in [0.15, 0.2) is 5.69 Å². The molecule has 1 aliphatic rings. The molecule has 0 aromatic carbocycles. The van der Waals surface area contributed by atoms with Gasteiger partial charge in [-0.2, -0.15) is 5.10 Å². The first-order valence-corrected chi connectivity index (χ1v) is 6.65. The average molecular weight is 250 g/mol. The second kappa shape index (κ2) is 4.63. The van der Waals surface area contributed by atoms with Crippen molar-refractivity contribution in [1.29, 1.82) is 0 Å². The molecule has 0 radical (unpaired) electrons. The Labute approximate surface area is 108 Å². The number of carbonyl (C=O) groups excluding carboxylic acids is 1. The van der Waals surface area contributed by atoms with Crippen molar-refractivity contribution in [1.82, 2.24) is 15.5 Å². The Bertz CT molecular complexity index is 440. The minimum Gasteiger partial charge on any atom is -0.395 e. The molecule has 2 rings (SSSR count). The summed E-state index contributed by atoms with van der Waals surface area (Å²) in [5, 5.41) is 10.00. The topological polar surface area (TPSA) is 83.8 Å². The number of nitrogens with two attached hydrogens (primary N) is 1. The maximum atomic E-state index is 12.2. The minimum atomic E-state index is -0.155. The fourth-order valence-electron chi connectivity index (χ4n) is 2.45. The van der Waals surface area contributed by atoms with Crippen LogP contribution in [0.25, 0.3) is 0 Å². The van der Waals surface area contributed by atoms with Crippen LogP contribution in [-0.4, -0.2) is 21.6 Å². The van der Waals surface area contributed by atoms with Gasteiger partial charge in [-0.25, -0.2) is 0 Å². The Morgan fingerprint density at radius 2 is 2.22 bits per heavy atom. The summed E-state index contributed by atoms with van der Waals surface area (Å²) in [5.41, 5.74) is 7.59. The molecule has 4 N–H and O–H groups in total. The zero-order valence-electron chi connectivity index (χ0n) is 11.3. The number of aromatic nitrogens is 2. The molecule has 1 aliphatic carbocycles. The van der Waals surface area contributed by atoms with E-state index in [9.17, 15) is 4.79 Å². The number of nitrogen functional groups attached to an aromatic ring is 1. The van der Waals surface area contributed by atoms with Crippen molar-refractivity contribution in [3.05, 3.63) is 11.4 Å². The molecule has 100 valence electrons. The predicted molar refractivity (Wildman–Crippen MR) is 71.4 cm³/mol. The molecule has 18 heavy (non-hydrogen) atoms. The number of hydrogen-bond acceptors (Lipinski definition) is 3. The lowest BCUT2D eigenvalue weighted by molar-refractivity contribution is 0.0816. The number of amides is 1. The molecule has 1 fully saturated rings. The maximum absolute atomic E-state index is 12.2. The third kappa shape index (κ3) is 2.09. The number of rotatable bonds is 4. The SMILES string of the molecule is CCC1(NC(=O)c2n[nH]c(C(C)C)c2N)CCC1. The van der Waals surface area contributed by atoms with Gasteiger partial charge < -0.3 is 11.1 Å².